The summed E-state index contributed by atoms with van der Waals surface area (Å²) < 4.78 is 38.9. The summed E-state index contributed by atoms with van der Waals surface area (Å²) in [4.78, 5) is 12.8. The van der Waals surface area contributed by atoms with Gasteiger partial charge in [-0.3, -0.25) is 9.46 Å². The maximum Gasteiger partial charge on any atom is 0.408 e. The summed E-state index contributed by atoms with van der Waals surface area (Å²) in [5, 5.41) is 9.33. The second kappa shape index (κ2) is 14.3. The standard InChI is InChI=1S/C18H38NO8P/c1-7-26-28(22,27-8-2)14-13-24-10-9-23-11-12-25-15-16(3)19(17(20)21)18(4,5)6/h16H,7-15H2,1-6H3,(H,20,21). The quantitative estimate of drug-likeness (QED) is 0.295. The third-order valence-corrected chi connectivity index (χ3v) is 5.67. The molecule has 0 aliphatic rings. The molecule has 10 heteroatoms. The zero-order valence-electron chi connectivity index (χ0n) is 18.1. The maximum atomic E-state index is 12.2. The van der Waals surface area contributed by atoms with Gasteiger partial charge >= 0.3 is 13.7 Å². The molecule has 0 saturated heterocycles. The molecule has 0 aliphatic carbocycles. The van der Waals surface area contributed by atoms with Crippen LogP contribution < -0.4 is 0 Å². The van der Waals surface area contributed by atoms with Crippen molar-refractivity contribution in [2.45, 2.75) is 53.1 Å². The van der Waals surface area contributed by atoms with Gasteiger partial charge in [0.15, 0.2) is 0 Å². The Hall–Kier alpha value is -0.700. The minimum absolute atomic E-state index is 0.212. The van der Waals surface area contributed by atoms with E-state index in [1.807, 2.05) is 27.7 Å². The second-order valence-electron chi connectivity index (χ2n) is 7.14. The average Bonchev–Trinajstić information content (AvgIpc) is 2.55. The van der Waals surface area contributed by atoms with Crippen molar-refractivity contribution in [1.82, 2.24) is 4.90 Å². The number of carbonyl (C=O) groups is 1. The van der Waals surface area contributed by atoms with E-state index in [1.54, 1.807) is 13.8 Å². The highest BCUT2D eigenvalue weighted by Crippen LogP contribution is 2.47. The molecule has 1 amide bonds. The van der Waals surface area contributed by atoms with E-state index in [0.29, 0.717) is 46.2 Å². The van der Waals surface area contributed by atoms with E-state index in [9.17, 15) is 14.5 Å². The predicted molar refractivity (Wildman–Crippen MR) is 107 cm³/mol. The van der Waals surface area contributed by atoms with Gasteiger partial charge in [0.2, 0.25) is 0 Å². The summed E-state index contributed by atoms with van der Waals surface area (Å²) in [6, 6.07) is -0.257. The third kappa shape index (κ3) is 12.0. The Balaban J connectivity index is 3.80. The Morgan fingerprint density at radius 3 is 1.86 bits per heavy atom. The maximum absolute atomic E-state index is 12.2. The Morgan fingerprint density at radius 1 is 0.964 bits per heavy atom. The molecule has 0 rings (SSSR count). The first kappa shape index (κ1) is 27.3. The monoisotopic (exact) mass is 427 g/mol. The summed E-state index contributed by atoms with van der Waals surface area (Å²) in [6.07, 6.45) is -0.751. The van der Waals surface area contributed by atoms with Gasteiger partial charge in [0, 0.05) is 5.54 Å². The number of carboxylic acid groups (broad SMARTS) is 1. The molecule has 1 N–H and O–H groups in total. The molecule has 0 heterocycles. The highest BCUT2D eigenvalue weighted by atomic mass is 31.2. The lowest BCUT2D eigenvalue weighted by molar-refractivity contribution is -0.00672. The van der Waals surface area contributed by atoms with E-state index >= 15 is 0 Å². The largest absolute Gasteiger partial charge is 0.465 e. The molecule has 0 saturated carbocycles. The molecule has 0 bridgehead atoms. The molecule has 168 valence electrons. The van der Waals surface area contributed by atoms with E-state index in [0.717, 1.165) is 0 Å². The Bertz CT molecular complexity index is 459. The molecule has 0 aromatic carbocycles. The van der Waals surface area contributed by atoms with Gasteiger partial charge in [0.05, 0.1) is 65.1 Å². The van der Waals surface area contributed by atoms with Gasteiger partial charge in [-0.1, -0.05) is 0 Å². The summed E-state index contributed by atoms with van der Waals surface area (Å²) in [7, 11) is -3.06. The van der Waals surface area contributed by atoms with Crippen LogP contribution in [0.1, 0.15) is 41.5 Å². The Morgan fingerprint density at radius 2 is 1.43 bits per heavy atom. The van der Waals surface area contributed by atoms with Crippen molar-refractivity contribution in [3.63, 3.8) is 0 Å². The van der Waals surface area contributed by atoms with Crippen LogP contribution in [0.5, 0.6) is 0 Å². The van der Waals surface area contributed by atoms with Crippen molar-refractivity contribution < 1.29 is 37.7 Å². The lowest BCUT2D eigenvalue weighted by Gasteiger charge is -2.37. The zero-order chi connectivity index (χ0) is 21.6. The summed E-state index contributed by atoms with van der Waals surface area (Å²) in [5.41, 5.74) is -0.489. The van der Waals surface area contributed by atoms with Crippen LogP contribution in [0.2, 0.25) is 0 Å². The van der Waals surface area contributed by atoms with Gasteiger partial charge in [-0.15, -0.1) is 0 Å². The molecule has 1 atom stereocenters. The predicted octanol–water partition coefficient (Wildman–Crippen LogP) is 3.47. The van der Waals surface area contributed by atoms with Crippen LogP contribution in [0.3, 0.4) is 0 Å². The van der Waals surface area contributed by atoms with Crippen molar-refractivity contribution in [3.8, 4) is 0 Å². The van der Waals surface area contributed by atoms with E-state index in [4.69, 9.17) is 23.3 Å². The fourth-order valence-corrected chi connectivity index (χ4v) is 4.11. The molecule has 0 fully saturated rings. The molecule has 28 heavy (non-hydrogen) atoms. The van der Waals surface area contributed by atoms with E-state index in [-0.39, 0.29) is 18.8 Å². The first-order chi connectivity index (χ1) is 13.1. The van der Waals surface area contributed by atoms with Gasteiger partial charge in [0.1, 0.15) is 0 Å². The van der Waals surface area contributed by atoms with Crippen molar-refractivity contribution in [2.75, 3.05) is 59.0 Å². The molecule has 0 spiro atoms. The minimum atomic E-state index is -3.06. The van der Waals surface area contributed by atoms with Gasteiger partial charge in [-0.05, 0) is 41.5 Å². The first-order valence-corrected chi connectivity index (χ1v) is 11.4. The number of rotatable bonds is 16. The molecular formula is C18H38NO8P. The van der Waals surface area contributed by atoms with Gasteiger partial charge in [-0.2, -0.15) is 0 Å². The first-order valence-electron chi connectivity index (χ1n) is 9.71. The number of ether oxygens (including phenoxy) is 3. The van der Waals surface area contributed by atoms with E-state index < -0.39 is 19.2 Å². The van der Waals surface area contributed by atoms with Crippen LogP contribution >= 0.6 is 7.60 Å². The smallest absolute Gasteiger partial charge is 0.408 e. The van der Waals surface area contributed by atoms with Gasteiger partial charge in [-0.25, -0.2) is 4.79 Å². The average molecular weight is 427 g/mol. The van der Waals surface area contributed by atoms with Crippen LogP contribution in [-0.4, -0.2) is 86.7 Å². The van der Waals surface area contributed by atoms with Gasteiger partial charge < -0.3 is 28.4 Å². The van der Waals surface area contributed by atoms with E-state index in [1.165, 1.54) is 4.90 Å². The Labute approximate surface area is 169 Å². The highest BCUT2D eigenvalue weighted by molar-refractivity contribution is 7.53. The molecule has 9 nitrogen and oxygen atoms in total. The van der Waals surface area contributed by atoms with Crippen molar-refractivity contribution in [3.05, 3.63) is 0 Å². The van der Waals surface area contributed by atoms with Crippen molar-refractivity contribution in [1.29, 1.82) is 0 Å². The molecule has 0 aromatic heterocycles. The summed E-state index contributed by atoms with van der Waals surface area (Å²) >= 11 is 0. The van der Waals surface area contributed by atoms with E-state index in [2.05, 4.69) is 0 Å². The van der Waals surface area contributed by atoms with Gasteiger partial charge in [0.25, 0.3) is 0 Å². The van der Waals surface area contributed by atoms with Crippen LogP contribution in [-0.2, 0) is 27.8 Å². The molecule has 0 radical (unpaired) electrons. The molecule has 0 aromatic rings. The van der Waals surface area contributed by atoms with Crippen molar-refractivity contribution >= 4 is 13.7 Å². The summed E-state index contributed by atoms with van der Waals surface area (Å²) in [5.74, 6) is 0. The van der Waals surface area contributed by atoms with Crippen LogP contribution in [0, 0.1) is 0 Å². The Kier molecular flexibility index (Phi) is 14.0. The fraction of sp³-hybridized carbons (Fsp3) is 0.944. The minimum Gasteiger partial charge on any atom is -0.465 e. The van der Waals surface area contributed by atoms with Crippen LogP contribution in [0.25, 0.3) is 0 Å². The lowest BCUT2D eigenvalue weighted by Crippen LogP contribution is -2.51. The SMILES string of the molecule is CCOP(=O)(CCOCCOCCOCC(C)N(C(=O)O)C(C)(C)C)OCC. The number of amides is 1. The fourth-order valence-electron chi connectivity index (χ4n) is 2.64. The van der Waals surface area contributed by atoms with Crippen LogP contribution in [0.15, 0.2) is 0 Å². The summed E-state index contributed by atoms with van der Waals surface area (Å²) in [6.45, 7) is 13.6. The topological polar surface area (TPSA) is 104 Å². The normalized spacial score (nSPS) is 13.5. The highest BCUT2D eigenvalue weighted by Gasteiger charge is 2.30. The number of hydrogen-bond donors (Lipinski definition) is 1. The second-order valence-corrected chi connectivity index (χ2v) is 9.33. The molecular weight excluding hydrogens is 389 g/mol. The van der Waals surface area contributed by atoms with Crippen molar-refractivity contribution in [2.24, 2.45) is 0 Å². The number of nitrogens with zero attached hydrogens (tertiary/aromatic N) is 1. The third-order valence-electron chi connectivity index (χ3n) is 3.63. The molecule has 1 unspecified atom stereocenters. The molecule has 0 aliphatic heterocycles. The number of hydrogen-bond acceptors (Lipinski definition) is 7. The lowest BCUT2D eigenvalue weighted by atomic mass is 10.0. The van der Waals surface area contributed by atoms with Crippen LogP contribution in [0.4, 0.5) is 4.79 Å². The zero-order valence-corrected chi connectivity index (χ0v) is 19.0.